The second-order valence-corrected chi connectivity index (χ2v) is 6.55. The van der Waals surface area contributed by atoms with Gasteiger partial charge in [0, 0.05) is 31.9 Å². The molecule has 0 amide bonds. The highest BCUT2D eigenvalue weighted by Crippen LogP contribution is 2.48. The van der Waals surface area contributed by atoms with Crippen LogP contribution in [-0.4, -0.2) is 30.1 Å². The van der Waals surface area contributed by atoms with Crippen molar-refractivity contribution in [2.24, 2.45) is 17.8 Å². The number of fused-ring (bicyclic) bond motifs is 2. The minimum atomic E-state index is 0.743. The standard InChI is InChI=1S/C16H26N4/c1-4-17-16-18-9-11(2)15(19-16)20(3)10-14-8-12-5-6-13(14)7-12/h9,12-14H,4-8,10H2,1-3H3,(H,17,18,19). The number of aryl methyl sites for hydroxylation is 1. The van der Waals surface area contributed by atoms with Crippen LogP contribution in [0.4, 0.5) is 11.8 Å². The summed E-state index contributed by atoms with van der Waals surface area (Å²) in [5.41, 5.74) is 1.16. The van der Waals surface area contributed by atoms with Crippen molar-refractivity contribution in [1.29, 1.82) is 0 Å². The maximum atomic E-state index is 4.67. The zero-order valence-electron chi connectivity index (χ0n) is 12.9. The van der Waals surface area contributed by atoms with Gasteiger partial charge in [0.25, 0.3) is 0 Å². The molecule has 1 heterocycles. The molecule has 3 rings (SSSR count). The molecule has 1 aromatic heterocycles. The van der Waals surface area contributed by atoms with Crippen molar-refractivity contribution in [3.63, 3.8) is 0 Å². The average molecular weight is 274 g/mol. The van der Waals surface area contributed by atoms with Crippen molar-refractivity contribution in [2.75, 3.05) is 30.4 Å². The Morgan fingerprint density at radius 3 is 2.85 bits per heavy atom. The molecule has 4 nitrogen and oxygen atoms in total. The topological polar surface area (TPSA) is 41.1 Å². The molecule has 2 saturated carbocycles. The van der Waals surface area contributed by atoms with Gasteiger partial charge in [0.05, 0.1) is 0 Å². The van der Waals surface area contributed by atoms with Crippen LogP contribution in [-0.2, 0) is 0 Å². The Balaban J connectivity index is 1.70. The smallest absolute Gasteiger partial charge is 0.224 e. The SMILES string of the molecule is CCNc1ncc(C)c(N(C)CC2CC3CCC2C3)n1. The third-order valence-corrected chi connectivity index (χ3v) is 5.03. The van der Waals surface area contributed by atoms with E-state index in [-0.39, 0.29) is 0 Å². The Labute approximate surface area is 122 Å². The summed E-state index contributed by atoms with van der Waals surface area (Å²) in [5.74, 6) is 4.68. The van der Waals surface area contributed by atoms with E-state index in [2.05, 4.69) is 41.1 Å². The van der Waals surface area contributed by atoms with E-state index in [0.29, 0.717) is 0 Å². The van der Waals surface area contributed by atoms with Gasteiger partial charge in [-0.1, -0.05) is 6.42 Å². The van der Waals surface area contributed by atoms with Gasteiger partial charge in [0.2, 0.25) is 5.95 Å². The molecular formula is C16H26N4. The first-order valence-electron chi connectivity index (χ1n) is 7.96. The minimum absolute atomic E-state index is 0.743. The normalized spacial score (nSPS) is 27.9. The lowest BCUT2D eigenvalue weighted by atomic mass is 9.88. The van der Waals surface area contributed by atoms with Crippen molar-refractivity contribution < 1.29 is 0 Å². The van der Waals surface area contributed by atoms with Gasteiger partial charge in [-0.2, -0.15) is 4.98 Å². The summed E-state index contributed by atoms with van der Waals surface area (Å²) < 4.78 is 0. The number of nitrogens with one attached hydrogen (secondary N) is 1. The van der Waals surface area contributed by atoms with Gasteiger partial charge < -0.3 is 10.2 Å². The van der Waals surface area contributed by atoms with Gasteiger partial charge in [-0.25, -0.2) is 4.98 Å². The van der Waals surface area contributed by atoms with E-state index in [4.69, 9.17) is 0 Å². The summed E-state index contributed by atoms with van der Waals surface area (Å²) in [7, 11) is 2.18. The van der Waals surface area contributed by atoms with Crippen molar-refractivity contribution in [3.05, 3.63) is 11.8 Å². The predicted molar refractivity (Wildman–Crippen MR) is 83.1 cm³/mol. The minimum Gasteiger partial charge on any atom is -0.359 e. The molecule has 1 N–H and O–H groups in total. The number of aromatic nitrogens is 2. The van der Waals surface area contributed by atoms with Crippen molar-refractivity contribution in [1.82, 2.24) is 9.97 Å². The number of anilines is 2. The summed E-state index contributed by atoms with van der Waals surface area (Å²) in [6, 6.07) is 0. The molecule has 3 atom stereocenters. The van der Waals surface area contributed by atoms with E-state index in [1.807, 2.05) is 6.20 Å². The van der Waals surface area contributed by atoms with Gasteiger partial charge in [0.15, 0.2) is 0 Å². The summed E-state index contributed by atoms with van der Waals surface area (Å²) in [6.45, 7) is 6.17. The summed E-state index contributed by atoms with van der Waals surface area (Å²) >= 11 is 0. The van der Waals surface area contributed by atoms with Crippen molar-refractivity contribution >= 4 is 11.8 Å². The average Bonchev–Trinajstić information content (AvgIpc) is 3.03. The first-order valence-corrected chi connectivity index (χ1v) is 7.96. The van der Waals surface area contributed by atoms with Gasteiger partial charge >= 0.3 is 0 Å². The molecule has 3 unspecified atom stereocenters. The molecule has 0 saturated heterocycles. The number of rotatable bonds is 5. The van der Waals surface area contributed by atoms with E-state index < -0.39 is 0 Å². The molecule has 0 spiro atoms. The van der Waals surface area contributed by atoms with Crippen LogP contribution >= 0.6 is 0 Å². The highest BCUT2D eigenvalue weighted by Gasteiger charge is 2.39. The van der Waals surface area contributed by atoms with Crippen LogP contribution in [0.2, 0.25) is 0 Å². The number of nitrogens with zero attached hydrogens (tertiary/aromatic N) is 3. The van der Waals surface area contributed by atoms with Gasteiger partial charge in [-0.3, -0.25) is 0 Å². The quantitative estimate of drug-likeness (QED) is 0.896. The van der Waals surface area contributed by atoms with Crippen LogP contribution in [0.3, 0.4) is 0 Å². The Morgan fingerprint density at radius 2 is 2.20 bits per heavy atom. The first-order chi connectivity index (χ1) is 9.67. The Kier molecular flexibility index (Phi) is 3.81. The lowest BCUT2D eigenvalue weighted by molar-refractivity contribution is 0.337. The molecule has 2 aliphatic carbocycles. The van der Waals surface area contributed by atoms with Crippen LogP contribution in [0.5, 0.6) is 0 Å². The van der Waals surface area contributed by atoms with Gasteiger partial charge in [-0.05, 0) is 50.9 Å². The molecule has 20 heavy (non-hydrogen) atoms. The summed E-state index contributed by atoms with van der Waals surface area (Å²) in [6.07, 6.45) is 7.76. The van der Waals surface area contributed by atoms with E-state index >= 15 is 0 Å². The zero-order chi connectivity index (χ0) is 14.1. The van der Waals surface area contributed by atoms with Crippen LogP contribution in [0, 0.1) is 24.7 Å². The lowest BCUT2D eigenvalue weighted by Crippen LogP contribution is -2.30. The fourth-order valence-electron chi connectivity index (χ4n) is 4.10. The van der Waals surface area contributed by atoms with Crippen molar-refractivity contribution in [2.45, 2.75) is 39.5 Å². The zero-order valence-corrected chi connectivity index (χ0v) is 12.9. The predicted octanol–water partition coefficient (Wildman–Crippen LogP) is 3.09. The van der Waals surface area contributed by atoms with E-state index in [0.717, 1.165) is 48.2 Å². The lowest BCUT2D eigenvalue weighted by Gasteiger charge is -2.28. The van der Waals surface area contributed by atoms with Crippen LogP contribution in [0.1, 0.15) is 38.2 Å². The Morgan fingerprint density at radius 1 is 1.35 bits per heavy atom. The van der Waals surface area contributed by atoms with E-state index in [1.165, 1.54) is 25.7 Å². The third-order valence-electron chi connectivity index (χ3n) is 5.03. The fraction of sp³-hybridized carbons (Fsp3) is 0.750. The van der Waals surface area contributed by atoms with Crippen LogP contribution in [0.25, 0.3) is 0 Å². The van der Waals surface area contributed by atoms with E-state index in [1.54, 1.807) is 0 Å². The highest BCUT2D eigenvalue weighted by molar-refractivity contribution is 5.48. The molecule has 1 aromatic rings. The number of hydrogen-bond donors (Lipinski definition) is 1. The van der Waals surface area contributed by atoms with Crippen molar-refractivity contribution in [3.8, 4) is 0 Å². The largest absolute Gasteiger partial charge is 0.359 e. The summed E-state index contributed by atoms with van der Waals surface area (Å²) in [5, 5.41) is 3.20. The monoisotopic (exact) mass is 274 g/mol. The van der Waals surface area contributed by atoms with Crippen LogP contribution < -0.4 is 10.2 Å². The highest BCUT2D eigenvalue weighted by atomic mass is 15.2. The molecule has 110 valence electrons. The molecular weight excluding hydrogens is 248 g/mol. The van der Waals surface area contributed by atoms with Gasteiger partial charge in [0.1, 0.15) is 5.82 Å². The molecule has 2 fully saturated rings. The molecule has 2 bridgehead atoms. The van der Waals surface area contributed by atoms with E-state index in [9.17, 15) is 0 Å². The molecule has 4 heteroatoms. The first kappa shape index (κ1) is 13.7. The second-order valence-electron chi connectivity index (χ2n) is 6.55. The third kappa shape index (κ3) is 2.60. The Hall–Kier alpha value is -1.32. The Bertz CT molecular complexity index is 474. The maximum absolute atomic E-state index is 4.67. The fourth-order valence-corrected chi connectivity index (χ4v) is 4.10. The van der Waals surface area contributed by atoms with Gasteiger partial charge in [-0.15, -0.1) is 0 Å². The summed E-state index contributed by atoms with van der Waals surface area (Å²) in [4.78, 5) is 11.3. The number of hydrogen-bond acceptors (Lipinski definition) is 4. The van der Waals surface area contributed by atoms with Crippen LogP contribution in [0.15, 0.2) is 6.20 Å². The maximum Gasteiger partial charge on any atom is 0.224 e. The second kappa shape index (κ2) is 5.58. The molecule has 0 aromatic carbocycles. The molecule has 0 aliphatic heterocycles. The molecule has 0 radical (unpaired) electrons. The molecule has 2 aliphatic rings.